The molecule has 0 bridgehead atoms. The van der Waals surface area contributed by atoms with Gasteiger partial charge in [0.05, 0.1) is 0 Å². The van der Waals surface area contributed by atoms with Gasteiger partial charge in [-0.15, -0.1) is 0 Å². The van der Waals surface area contributed by atoms with Gasteiger partial charge in [0, 0.05) is 44.4 Å². The van der Waals surface area contributed by atoms with E-state index in [-0.39, 0.29) is 5.92 Å². The van der Waals surface area contributed by atoms with Crippen LogP contribution in [-0.2, 0) is 17.8 Å². The zero-order valence-electron chi connectivity index (χ0n) is 9.43. The molecule has 1 saturated heterocycles. The zero-order chi connectivity index (χ0) is 11.0. The fourth-order valence-corrected chi connectivity index (χ4v) is 2.76. The highest BCUT2D eigenvalue weighted by Gasteiger charge is 2.29. The van der Waals surface area contributed by atoms with Crippen LogP contribution in [0.3, 0.4) is 0 Å². The van der Waals surface area contributed by atoms with E-state index in [2.05, 4.69) is 9.55 Å². The van der Waals surface area contributed by atoms with Gasteiger partial charge in [-0.3, -0.25) is 4.79 Å². The van der Waals surface area contributed by atoms with Gasteiger partial charge >= 0.3 is 0 Å². The summed E-state index contributed by atoms with van der Waals surface area (Å²) >= 11 is 0. The first-order valence-corrected chi connectivity index (χ1v) is 6.13. The van der Waals surface area contributed by atoms with Gasteiger partial charge in [-0.05, 0) is 19.3 Å². The van der Waals surface area contributed by atoms with Crippen LogP contribution in [0.15, 0.2) is 12.4 Å². The van der Waals surface area contributed by atoms with Crippen LogP contribution in [0.2, 0.25) is 0 Å². The highest BCUT2D eigenvalue weighted by atomic mass is 16.2. The molecular weight excluding hydrogens is 202 g/mol. The summed E-state index contributed by atoms with van der Waals surface area (Å²) in [6, 6.07) is 0. The van der Waals surface area contributed by atoms with E-state index in [4.69, 9.17) is 0 Å². The normalized spacial score (nSPS) is 24.5. The molecule has 1 unspecified atom stereocenters. The van der Waals surface area contributed by atoms with Gasteiger partial charge in [-0.25, -0.2) is 4.98 Å². The van der Waals surface area contributed by atoms with Crippen LogP contribution in [0.4, 0.5) is 0 Å². The Labute approximate surface area is 95.3 Å². The van der Waals surface area contributed by atoms with E-state index in [0.29, 0.717) is 5.91 Å². The van der Waals surface area contributed by atoms with E-state index in [1.54, 1.807) is 0 Å². The number of imidazole rings is 1. The molecule has 0 aliphatic carbocycles. The van der Waals surface area contributed by atoms with Crippen molar-refractivity contribution in [3.05, 3.63) is 18.2 Å². The second kappa shape index (κ2) is 3.92. The number of rotatable bonds is 1. The minimum atomic E-state index is 0.174. The molecule has 0 saturated carbocycles. The molecule has 3 heterocycles. The Morgan fingerprint density at radius 1 is 1.31 bits per heavy atom. The Morgan fingerprint density at radius 3 is 2.94 bits per heavy atom. The number of hydrogen-bond donors (Lipinski definition) is 0. The van der Waals surface area contributed by atoms with Crippen molar-refractivity contribution < 1.29 is 4.79 Å². The van der Waals surface area contributed by atoms with Crippen LogP contribution in [0.1, 0.15) is 25.1 Å². The Bertz CT molecular complexity index is 393. The standard InChI is InChI=1S/C12H17N3O/c16-12(15-5-1-2-6-15)10-3-7-14-8-4-13-11(14)9-10/h4,8,10H,1-3,5-7,9H2. The number of fused-ring (bicyclic) bond motifs is 1. The third-order valence-electron chi connectivity index (χ3n) is 3.72. The number of amides is 1. The Morgan fingerprint density at radius 2 is 2.12 bits per heavy atom. The topological polar surface area (TPSA) is 38.1 Å². The summed E-state index contributed by atoms with van der Waals surface area (Å²) in [6.07, 6.45) is 7.98. The minimum absolute atomic E-state index is 0.174. The lowest BCUT2D eigenvalue weighted by Gasteiger charge is -2.26. The molecule has 0 spiro atoms. The highest BCUT2D eigenvalue weighted by Crippen LogP contribution is 2.22. The van der Waals surface area contributed by atoms with Crippen LogP contribution in [0.5, 0.6) is 0 Å². The molecular formula is C12H17N3O. The maximum atomic E-state index is 12.2. The first-order chi connectivity index (χ1) is 7.84. The molecule has 1 fully saturated rings. The van der Waals surface area contributed by atoms with E-state index in [0.717, 1.165) is 38.3 Å². The molecule has 0 radical (unpaired) electrons. The van der Waals surface area contributed by atoms with Crippen molar-refractivity contribution in [1.82, 2.24) is 14.5 Å². The number of aryl methyl sites for hydroxylation is 1. The molecule has 1 atom stereocenters. The lowest BCUT2D eigenvalue weighted by atomic mass is 9.96. The molecule has 1 aromatic heterocycles. The summed E-state index contributed by atoms with van der Waals surface area (Å²) in [6.45, 7) is 2.87. The van der Waals surface area contributed by atoms with Gasteiger partial charge in [0.2, 0.25) is 5.91 Å². The summed E-state index contributed by atoms with van der Waals surface area (Å²) in [5, 5.41) is 0. The first kappa shape index (κ1) is 9.87. The molecule has 1 amide bonds. The second-order valence-corrected chi connectivity index (χ2v) is 4.76. The average molecular weight is 219 g/mol. The van der Waals surface area contributed by atoms with Crippen LogP contribution in [-0.4, -0.2) is 33.4 Å². The van der Waals surface area contributed by atoms with Gasteiger partial charge < -0.3 is 9.47 Å². The van der Waals surface area contributed by atoms with E-state index >= 15 is 0 Å². The average Bonchev–Trinajstić information content (AvgIpc) is 2.98. The van der Waals surface area contributed by atoms with Gasteiger partial charge in [0.25, 0.3) is 0 Å². The molecule has 2 aliphatic heterocycles. The van der Waals surface area contributed by atoms with Gasteiger partial charge in [0.15, 0.2) is 0 Å². The van der Waals surface area contributed by atoms with Crippen LogP contribution in [0.25, 0.3) is 0 Å². The summed E-state index contributed by atoms with van der Waals surface area (Å²) in [5.74, 6) is 1.60. The number of carbonyl (C=O) groups excluding carboxylic acids is 1. The largest absolute Gasteiger partial charge is 0.342 e. The third-order valence-corrected chi connectivity index (χ3v) is 3.72. The molecule has 0 N–H and O–H groups in total. The van der Waals surface area contributed by atoms with Crippen LogP contribution < -0.4 is 0 Å². The fraction of sp³-hybridized carbons (Fsp3) is 0.667. The van der Waals surface area contributed by atoms with E-state index in [1.807, 2.05) is 17.3 Å². The molecule has 16 heavy (non-hydrogen) atoms. The summed E-state index contributed by atoms with van der Waals surface area (Å²) < 4.78 is 2.16. The summed E-state index contributed by atoms with van der Waals surface area (Å²) in [5.41, 5.74) is 0. The predicted molar refractivity (Wildman–Crippen MR) is 59.9 cm³/mol. The smallest absolute Gasteiger partial charge is 0.226 e. The Hall–Kier alpha value is -1.32. The van der Waals surface area contributed by atoms with Crippen molar-refractivity contribution in [1.29, 1.82) is 0 Å². The number of hydrogen-bond acceptors (Lipinski definition) is 2. The summed E-state index contributed by atoms with van der Waals surface area (Å²) in [4.78, 5) is 18.6. The minimum Gasteiger partial charge on any atom is -0.342 e. The maximum absolute atomic E-state index is 12.2. The van der Waals surface area contributed by atoms with Gasteiger partial charge in [-0.1, -0.05) is 0 Å². The fourth-order valence-electron chi connectivity index (χ4n) is 2.76. The predicted octanol–water partition coefficient (Wildman–Crippen LogP) is 1.07. The first-order valence-electron chi connectivity index (χ1n) is 6.13. The molecule has 2 aliphatic rings. The number of nitrogens with zero attached hydrogens (tertiary/aromatic N) is 3. The summed E-state index contributed by atoms with van der Waals surface area (Å²) in [7, 11) is 0. The number of likely N-dealkylation sites (tertiary alicyclic amines) is 1. The third kappa shape index (κ3) is 1.62. The Kier molecular flexibility index (Phi) is 2.42. The molecule has 1 aromatic rings. The molecule has 4 heteroatoms. The van der Waals surface area contributed by atoms with Gasteiger partial charge in [-0.2, -0.15) is 0 Å². The lowest BCUT2D eigenvalue weighted by molar-refractivity contribution is -0.135. The van der Waals surface area contributed by atoms with Gasteiger partial charge in [0.1, 0.15) is 5.82 Å². The highest BCUT2D eigenvalue weighted by molar-refractivity contribution is 5.79. The molecule has 0 aromatic carbocycles. The zero-order valence-corrected chi connectivity index (χ0v) is 9.43. The lowest BCUT2D eigenvalue weighted by Crippen LogP contribution is -2.37. The van der Waals surface area contributed by atoms with Crippen molar-refractivity contribution in [3.8, 4) is 0 Å². The van der Waals surface area contributed by atoms with Crippen molar-refractivity contribution in [2.24, 2.45) is 5.92 Å². The van der Waals surface area contributed by atoms with Crippen molar-refractivity contribution in [2.75, 3.05) is 13.1 Å². The van der Waals surface area contributed by atoms with E-state index in [1.165, 1.54) is 12.8 Å². The van der Waals surface area contributed by atoms with Crippen molar-refractivity contribution in [3.63, 3.8) is 0 Å². The SMILES string of the molecule is O=C(C1CCn2ccnc2C1)N1CCCC1. The number of aromatic nitrogens is 2. The second-order valence-electron chi connectivity index (χ2n) is 4.76. The maximum Gasteiger partial charge on any atom is 0.226 e. The monoisotopic (exact) mass is 219 g/mol. The van der Waals surface area contributed by atoms with Crippen LogP contribution >= 0.6 is 0 Å². The molecule has 86 valence electrons. The van der Waals surface area contributed by atoms with E-state index < -0.39 is 0 Å². The van der Waals surface area contributed by atoms with Crippen molar-refractivity contribution >= 4 is 5.91 Å². The van der Waals surface area contributed by atoms with Crippen LogP contribution in [0, 0.1) is 5.92 Å². The quantitative estimate of drug-likeness (QED) is 0.708. The molecule has 4 nitrogen and oxygen atoms in total. The van der Waals surface area contributed by atoms with Crippen molar-refractivity contribution in [2.45, 2.75) is 32.2 Å². The number of carbonyl (C=O) groups is 1. The Balaban J connectivity index is 1.71. The molecule has 3 rings (SSSR count). The van der Waals surface area contributed by atoms with E-state index in [9.17, 15) is 4.79 Å².